The Morgan fingerprint density at radius 2 is 1.60 bits per heavy atom. The fourth-order valence-electron chi connectivity index (χ4n) is 3.18. The quantitative estimate of drug-likeness (QED) is 0.440. The molecular formula is C23H19N7. The van der Waals surface area contributed by atoms with Gasteiger partial charge in [-0.25, -0.2) is 4.68 Å². The van der Waals surface area contributed by atoms with Crippen LogP contribution in [0.3, 0.4) is 0 Å². The molecule has 146 valence electrons. The van der Waals surface area contributed by atoms with Crippen molar-refractivity contribution in [3.05, 3.63) is 97.0 Å². The van der Waals surface area contributed by atoms with E-state index in [1.165, 1.54) is 0 Å². The number of benzene rings is 2. The van der Waals surface area contributed by atoms with Gasteiger partial charge in [-0.05, 0) is 35.9 Å². The van der Waals surface area contributed by atoms with Crippen molar-refractivity contribution in [3.8, 4) is 5.69 Å². The molecule has 5 aromatic rings. The highest BCUT2D eigenvalue weighted by molar-refractivity contribution is 5.90. The summed E-state index contributed by atoms with van der Waals surface area (Å²) in [7, 11) is 0. The summed E-state index contributed by atoms with van der Waals surface area (Å²) in [4.78, 5) is 13.6. The van der Waals surface area contributed by atoms with Crippen LogP contribution in [0.25, 0.3) is 16.7 Å². The second-order valence-electron chi connectivity index (χ2n) is 6.73. The van der Waals surface area contributed by atoms with Crippen LogP contribution < -0.4 is 10.6 Å². The highest BCUT2D eigenvalue weighted by atomic mass is 15.3. The molecule has 3 aromatic heterocycles. The summed E-state index contributed by atoms with van der Waals surface area (Å²) >= 11 is 0. The maximum absolute atomic E-state index is 4.75. The first-order valence-electron chi connectivity index (χ1n) is 9.63. The molecule has 0 unspecified atom stereocenters. The number of pyridine rings is 1. The Morgan fingerprint density at radius 3 is 2.37 bits per heavy atom. The number of nitrogens with zero attached hydrogens (tertiary/aromatic N) is 5. The standard InChI is InChI=1S/C23H19N7/c1-3-9-18(10-4-1)27-21-20-16-26-30(19-11-5-2-6-12-19)22(20)29-23(28-21)25-15-17-8-7-13-24-14-17/h1-14,16H,15H2,(H2,25,27,28,29). The van der Waals surface area contributed by atoms with E-state index in [1.807, 2.05) is 83.7 Å². The zero-order valence-corrected chi connectivity index (χ0v) is 16.1. The first kappa shape index (κ1) is 17.8. The van der Waals surface area contributed by atoms with Crippen LogP contribution >= 0.6 is 0 Å². The summed E-state index contributed by atoms with van der Waals surface area (Å²) in [5.41, 5.74) is 3.66. The molecule has 0 aliphatic heterocycles. The molecule has 0 spiro atoms. The van der Waals surface area contributed by atoms with Gasteiger partial charge >= 0.3 is 0 Å². The molecule has 30 heavy (non-hydrogen) atoms. The third-order valence-electron chi connectivity index (χ3n) is 4.64. The van der Waals surface area contributed by atoms with Crippen LogP contribution in [0.15, 0.2) is 91.4 Å². The summed E-state index contributed by atoms with van der Waals surface area (Å²) in [6.45, 7) is 0.573. The van der Waals surface area contributed by atoms with Crippen molar-refractivity contribution >= 4 is 28.5 Å². The summed E-state index contributed by atoms with van der Waals surface area (Å²) in [5.74, 6) is 1.21. The molecular weight excluding hydrogens is 374 g/mol. The number of nitrogens with one attached hydrogen (secondary N) is 2. The minimum Gasteiger partial charge on any atom is -0.350 e. The maximum Gasteiger partial charge on any atom is 0.227 e. The minimum absolute atomic E-state index is 0.516. The molecule has 7 nitrogen and oxygen atoms in total. The third kappa shape index (κ3) is 3.68. The van der Waals surface area contributed by atoms with Gasteiger partial charge in [0.25, 0.3) is 0 Å². The first-order valence-corrected chi connectivity index (χ1v) is 9.63. The van der Waals surface area contributed by atoms with Gasteiger partial charge in [-0.1, -0.05) is 42.5 Å². The van der Waals surface area contributed by atoms with E-state index in [2.05, 4.69) is 20.7 Å². The van der Waals surface area contributed by atoms with Gasteiger partial charge in [0.15, 0.2) is 5.65 Å². The first-order chi connectivity index (χ1) is 14.9. The molecule has 2 aromatic carbocycles. The fraction of sp³-hybridized carbons (Fsp3) is 0.0435. The average molecular weight is 393 g/mol. The van der Waals surface area contributed by atoms with Gasteiger partial charge < -0.3 is 10.6 Å². The Labute approximate surface area is 173 Å². The summed E-state index contributed by atoms with van der Waals surface area (Å²) in [6, 6.07) is 23.8. The number of rotatable bonds is 6. The van der Waals surface area contributed by atoms with Gasteiger partial charge in [-0.2, -0.15) is 15.1 Å². The van der Waals surface area contributed by atoms with Crippen molar-refractivity contribution in [1.29, 1.82) is 0 Å². The predicted octanol–water partition coefficient (Wildman–Crippen LogP) is 4.57. The zero-order chi connectivity index (χ0) is 20.2. The number of fused-ring (bicyclic) bond motifs is 1. The largest absolute Gasteiger partial charge is 0.350 e. The second kappa shape index (κ2) is 8.00. The van der Waals surface area contributed by atoms with Crippen molar-refractivity contribution in [1.82, 2.24) is 24.7 Å². The van der Waals surface area contributed by atoms with Gasteiger partial charge in [0.05, 0.1) is 17.3 Å². The lowest BCUT2D eigenvalue weighted by molar-refractivity contribution is 0.894. The molecule has 2 N–H and O–H groups in total. The lowest BCUT2D eigenvalue weighted by atomic mass is 10.3. The number of para-hydroxylation sites is 2. The lowest BCUT2D eigenvalue weighted by Gasteiger charge is -2.11. The van der Waals surface area contributed by atoms with E-state index in [0.717, 1.165) is 28.0 Å². The van der Waals surface area contributed by atoms with E-state index >= 15 is 0 Å². The molecule has 0 radical (unpaired) electrons. The Kier molecular flexibility index (Phi) is 4.75. The highest BCUT2D eigenvalue weighted by Crippen LogP contribution is 2.27. The monoisotopic (exact) mass is 393 g/mol. The van der Waals surface area contributed by atoms with Gasteiger partial charge in [0, 0.05) is 24.6 Å². The molecule has 0 saturated heterocycles. The topological polar surface area (TPSA) is 80.6 Å². The van der Waals surface area contributed by atoms with Crippen molar-refractivity contribution in [2.24, 2.45) is 0 Å². The fourth-order valence-corrected chi connectivity index (χ4v) is 3.18. The van der Waals surface area contributed by atoms with Crippen LogP contribution in [0.2, 0.25) is 0 Å². The van der Waals surface area contributed by atoms with E-state index in [1.54, 1.807) is 12.4 Å². The number of aromatic nitrogens is 5. The molecule has 0 aliphatic carbocycles. The van der Waals surface area contributed by atoms with Gasteiger partial charge in [-0.15, -0.1) is 0 Å². The SMILES string of the molecule is c1ccc(Nc2nc(NCc3cccnc3)nc3c2cnn3-c2ccccc2)cc1. The van der Waals surface area contributed by atoms with Crippen molar-refractivity contribution < 1.29 is 0 Å². The van der Waals surface area contributed by atoms with Crippen LogP contribution in [0, 0.1) is 0 Å². The molecule has 5 rings (SSSR count). The zero-order valence-electron chi connectivity index (χ0n) is 16.1. The van der Waals surface area contributed by atoms with E-state index < -0.39 is 0 Å². The van der Waals surface area contributed by atoms with Crippen molar-refractivity contribution in [3.63, 3.8) is 0 Å². The van der Waals surface area contributed by atoms with E-state index in [4.69, 9.17) is 9.97 Å². The van der Waals surface area contributed by atoms with E-state index in [-0.39, 0.29) is 0 Å². The predicted molar refractivity (Wildman–Crippen MR) is 118 cm³/mol. The third-order valence-corrected chi connectivity index (χ3v) is 4.64. The smallest absolute Gasteiger partial charge is 0.227 e. The minimum atomic E-state index is 0.516. The van der Waals surface area contributed by atoms with Gasteiger partial charge in [0.2, 0.25) is 5.95 Å². The summed E-state index contributed by atoms with van der Waals surface area (Å²) in [6.07, 6.45) is 5.37. The van der Waals surface area contributed by atoms with Crippen LogP contribution in [-0.2, 0) is 6.54 Å². The Hall–Kier alpha value is -4.26. The molecule has 0 aliphatic rings. The van der Waals surface area contributed by atoms with Crippen molar-refractivity contribution in [2.45, 2.75) is 6.54 Å². The number of hydrogen-bond donors (Lipinski definition) is 2. The summed E-state index contributed by atoms with van der Waals surface area (Å²) in [5, 5.41) is 12.1. The number of hydrogen-bond acceptors (Lipinski definition) is 6. The van der Waals surface area contributed by atoms with E-state index in [9.17, 15) is 0 Å². The Bertz CT molecular complexity index is 1250. The normalized spacial score (nSPS) is 10.8. The van der Waals surface area contributed by atoms with Crippen LogP contribution in [0.5, 0.6) is 0 Å². The van der Waals surface area contributed by atoms with Gasteiger partial charge in [-0.3, -0.25) is 4.98 Å². The van der Waals surface area contributed by atoms with Crippen LogP contribution in [-0.4, -0.2) is 24.7 Å². The molecule has 0 bridgehead atoms. The molecule has 7 heteroatoms. The van der Waals surface area contributed by atoms with E-state index in [0.29, 0.717) is 18.3 Å². The molecule has 0 amide bonds. The molecule has 0 saturated carbocycles. The van der Waals surface area contributed by atoms with Crippen LogP contribution in [0.4, 0.5) is 17.5 Å². The Balaban J connectivity index is 1.57. The molecule has 0 atom stereocenters. The highest BCUT2D eigenvalue weighted by Gasteiger charge is 2.14. The molecule has 3 heterocycles. The maximum atomic E-state index is 4.75. The summed E-state index contributed by atoms with van der Waals surface area (Å²) < 4.78 is 1.82. The second-order valence-corrected chi connectivity index (χ2v) is 6.73. The lowest BCUT2D eigenvalue weighted by Crippen LogP contribution is -2.07. The number of anilines is 3. The average Bonchev–Trinajstić information content (AvgIpc) is 3.24. The van der Waals surface area contributed by atoms with Crippen LogP contribution in [0.1, 0.15) is 5.56 Å². The Morgan fingerprint density at radius 1 is 0.800 bits per heavy atom. The van der Waals surface area contributed by atoms with Crippen molar-refractivity contribution in [2.75, 3.05) is 10.6 Å². The molecule has 0 fully saturated rings. The van der Waals surface area contributed by atoms with Gasteiger partial charge in [0.1, 0.15) is 5.82 Å².